The molecular formula is C35H30BrN3O5S2. The molecule has 1 aliphatic heterocycles. The normalized spacial score (nSPS) is 13.2. The molecule has 1 amide bonds. The van der Waals surface area contributed by atoms with E-state index in [-0.39, 0.29) is 22.9 Å². The van der Waals surface area contributed by atoms with E-state index in [1.54, 1.807) is 24.3 Å². The van der Waals surface area contributed by atoms with Crippen molar-refractivity contribution in [1.29, 1.82) is 0 Å². The number of anilines is 2. The first-order valence-corrected chi connectivity index (χ1v) is 17.3. The molecule has 0 saturated carbocycles. The minimum Gasteiger partial charge on any atom is -0.477 e. The van der Waals surface area contributed by atoms with Crippen LogP contribution in [0, 0.1) is 0 Å². The van der Waals surface area contributed by atoms with Crippen LogP contribution in [0.1, 0.15) is 35.3 Å². The fourth-order valence-electron chi connectivity index (χ4n) is 5.62. The molecular weight excluding hydrogens is 686 g/mol. The highest BCUT2D eigenvalue weighted by Crippen LogP contribution is 2.32. The van der Waals surface area contributed by atoms with Crippen molar-refractivity contribution in [2.24, 2.45) is 0 Å². The van der Waals surface area contributed by atoms with E-state index in [9.17, 15) is 24.3 Å². The van der Waals surface area contributed by atoms with Gasteiger partial charge < -0.3 is 19.8 Å². The van der Waals surface area contributed by atoms with E-state index < -0.39 is 17.5 Å². The quantitative estimate of drug-likeness (QED) is 0.118. The third-order valence-corrected chi connectivity index (χ3v) is 10.9. The molecule has 0 bridgehead atoms. The van der Waals surface area contributed by atoms with Crippen molar-refractivity contribution < 1.29 is 24.3 Å². The molecule has 1 fully saturated rings. The van der Waals surface area contributed by atoms with E-state index in [1.807, 2.05) is 75.8 Å². The maximum absolute atomic E-state index is 13.6. The maximum Gasteiger partial charge on any atom is 0.345 e. The fourth-order valence-corrected chi connectivity index (χ4v) is 8.07. The smallest absolute Gasteiger partial charge is 0.345 e. The van der Waals surface area contributed by atoms with E-state index in [0.29, 0.717) is 48.7 Å². The molecule has 0 unspecified atom stereocenters. The van der Waals surface area contributed by atoms with Gasteiger partial charge in [0.1, 0.15) is 9.75 Å². The van der Waals surface area contributed by atoms with Crippen LogP contribution in [0.25, 0.3) is 10.1 Å². The minimum atomic E-state index is -1.03. The zero-order valence-electron chi connectivity index (χ0n) is 24.7. The Bertz CT molecular complexity index is 1910. The van der Waals surface area contributed by atoms with Gasteiger partial charge in [0.15, 0.2) is 0 Å². The lowest BCUT2D eigenvalue weighted by Gasteiger charge is -2.38. The number of nitrogens with zero attached hydrogens (tertiary/aromatic N) is 3. The summed E-state index contributed by atoms with van der Waals surface area (Å²) < 4.78 is 1.45. The molecule has 1 aliphatic rings. The van der Waals surface area contributed by atoms with Gasteiger partial charge >= 0.3 is 5.97 Å². The van der Waals surface area contributed by atoms with Crippen molar-refractivity contribution in [3.63, 3.8) is 0 Å². The van der Waals surface area contributed by atoms with Crippen molar-refractivity contribution in [2.75, 3.05) is 49.1 Å². The van der Waals surface area contributed by atoms with E-state index in [2.05, 4.69) is 20.8 Å². The third kappa shape index (κ3) is 6.91. The number of carbonyl (C=O) groups is 4. The summed E-state index contributed by atoms with van der Waals surface area (Å²) in [4.78, 5) is 58.5. The van der Waals surface area contributed by atoms with Gasteiger partial charge in [-0.15, -0.1) is 22.7 Å². The predicted molar refractivity (Wildman–Crippen MR) is 187 cm³/mol. The van der Waals surface area contributed by atoms with Crippen molar-refractivity contribution >= 4 is 83.5 Å². The van der Waals surface area contributed by atoms with E-state index >= 15 is 0 Å². The van der Waals surface area contributed by atoms with Gasteiger partial charge in [0.25, 0.3) is 5.91 Å². The van der Waals surface area contributed by atoms with Gasteiger partial charge in [-0.05, 0) is 69.0 Å². The summed E-state index contributed by atoms with van der Waals surface area (Å²) >= 11 is 5.98. The number of amides is 1. The topological polar surface area (TPSA) is 98.2 Å². The molecule has 234 valence electrons. The van der Waals surface area contributed by atoms with Crippen LogP contribution in [0.4, 0.5) is 11.4 Å². The van der Waals surface area contributed by atoms with Gasteiger partial charge in [-0.2, -0.15) is 0 Å². The average molecular weight is 717 g/mol. The van der Waals surface area contributed by atoms with Crippen molar-refractivity contribution in [3.05, 3.63) is 116 Å². The van der Waals surface area contributed by atoms with Gasteiger partial charge in [-0.1, -0.05) is 54.6 Å². The molecule has 0 spiro atoms. The van der Waals surface area contributed by atoms with Crippen LogP contribution in [-0.2, 0) is 11.2 Å². The predicted octanol–water partition coefficient (Wildman–Crippen LogP) is 6.89. The number of hydrogen-bond acceptors (Lipinski definition) is 8. The molecule has 1 N–H and O–H groups in total. The Morgan fingerprint density at radius 2 is 1.61 bits per heavy atom. The van der Waals surface area contributed by atoms with Crippen molar-refractivity contribution in [3.8, 4) is 0 Å². The number of ketones is 2. The molecule has 46 heavy (non-hydrogen) atoms. The second-order valence-corrected chi connectivity index (χ2v) is 13.8. The molecule has 0 atom stereocenters. The number of hydrogen-bond donors (Lipinski definition) is 1. The Morgan fingerprint density at radius 1 is 0.870 bits per heavy atom. The lowest BCUT2D eigenvalue weighted by atomic mass is 10.0. The first kappa shape index (κ1) is 31.7. The summed E-state index contributed by atoms with van der Waals surface area (Å²) in [7, 11) is 0. The summed E-state index contributed by atoms with van der Waals surface area (Å²) in [6.45, 7) is 2.78. The summed E-state index contributed by atoms with van der Waals surface area (Å²) in [6.07, 6.45) is 0.674. The SMILES string of the molecule is O=C(CN(CCc1ccccc1)c1ccccc1N1CCN(C(=O)c2sccc2Br)CC1)C(=O)c1ccc2cc(C(=O)O)sc2c1. The van der Waals surface area contributed by atoms with Crippen LogP contribution in [-0.4, -0.2) is 72.7 Å². The molecule has 5 aromatic rings. The number of halogens is 1. The van der Waals surface area contributed by atoms with Crippen LogP contribution in [0.2, 0.25) is 0 Å². The summed E-state index contributed by atoms with van der Waals surface area (Å²) in [5.74, 6) is -2.17. The summed E-state index contributed by atoms with van der Waals surface area (Å²) in [5, 5.41) is 12.0. The van der Waals surface area contributed by atoms with E-state index in [4.69, 9.17) is 0 Å². The Morgan fingerprint density at radius 3 is 2.33 bits per heavy atom. The second-order valence-electron chi connectivity index (χ2n) is 10.9. The number of rotatable bonds is 11. The number of para-hydroxylation sites is 2. The van der Waals surface area contributed by atoms with Crippen LogP contribution in [0.15, 0.2) is 94.8 Å². The maximum atomic E-state index is 13.6. The number of carboxylic acids is 1. The molecule has 11 heteroatoms. The van der Waals surface area contributed by atoms with Crippen LogP contribution < -0.4 is 9.80 Å². The van der Waals surface area contributed by atoms with Crippen LogP contribution >= 0.6 is 38.6 Å². The van der Waals surface area contributed by atoms with Crippen molar-refractivity contribution in [1.82, 2.24) is 4.90 Å². The Hall–Kier alpha value is -4.32. The first-order chi connectivity index (χ1) is 22.3. The summed E-state index contributed by atoms with van der Waals surface area (Å²) in [6, 6.07) is 26.2. The highest BCUT2D eigenvalue weighted by atomic mass is 79.9. The molecule has 3 aromatic carbocycles. The van der Waals surface area contributed by atoms with Gasteiger partial charge in [0.05, 0.1) is 17.9 Å². The number of fused-ring (bicyclic) bond motifs is 1. The first-order valence-electron chi connectivity index (χ1n) is 14.8. The number of benzene rings is 3. The number of aromatic carboxylic acids is 1. The highest BCUT2D eigenvalue weighted by Gasteiger charge is 2.28. The van der Waals surface area contributed by atoms with Gasteiger partial charge in [0, 0.05) is 47.5 Å². The van der Waals surface area contributed by atoms with Gasteiger partial charge in [-0.25, -0.2) is 4.79 Å². The molecule has 2 aromatic heterocycles. The summed E-state index contributed by atoms with van der Waals surface area (Å²) in [5.41, 5.74) is 3.15. The highest BCUT2D eigenvalue weighted by molar-refractivity contribution is 9.10. The zero-order valence-corrected chi connectivity index (χ0v) is 27.9. The van der Waals surface area contributed by atoms with Crippen LogP contribution in [0.5, 0.6) is 0 Å². The Balaban J connectivity index is 1.22. The number of Topliss-reactive ketones (excluding diaryl/α,β-unsaturated/α-hetero) is 2. The zero-order chi connectivity index (χ0) is 32.2. The number of thiophene rings is 2. The van der Waals surface area contributed by atoms with Crippen molar-refractivity contribution in [2.45, 2.75) is 6.42 Å². The number of carbonyl (C=O) groups excluding carboxylic acids is 3. The lowest BCUT2D eigenvalue weighted by molar-refractivity contribution is -0.113. The average Bonchev–Trinajstić information content (AvgIpc) is 3.72. The Labute approximate surface area is 282 Å². The molecule has 1 saturated heterocycles. The third-order valence-electron chi connectivity index (χ3n) is 8.04. The Kier molecular flexibility index (Phi) is 9.62. The van der Waals surface area contributed by atoms with E-state index in [0.717, 1.165) is 38.1 Å². The standard InChI is InChI=1S/C35H30BrN3O5S2/c36-26-13-19-45-33(26)34(42)38-17-15-37(16-18-38)27-8-4-5-9-28(27)39(14-12-23-6-2-1-3-7-23)22-29(40)32(41)25-11-10-24-20-31(35(43)44)46-30(24)21-25/h1-11,13,19-21H,12,14-18,22H2,(H,43,44). The molecule has 0 aliphatic carbocycles. The van der Waals surface area contributed by atoms with Crippen LogP contribution in [0.3, 0.4) is 0 Å². The van der Waals surface area contributed by atoms with Gasteiger partial charge in [-0.3, -0.25) is 14.4 Å². The largest absolute Gasteiger partial charge is 0.477 e. The fraction of sp³-hybridized carbons (Fsp3) is 0.200. The monoisotopic (exact) mass is 715 g/mol. The van der Waals surface area contributed by atoms with Gasteiger partial charge in [0.2, 0.25) is 11.6 Å². The number of piperazine rings is 1. The molecule has 6 rings (SSSR count). The molecule has 8 nitrogen and oxygen atoms in total. The van der Waals surface area contributed by atoms with E-state index in [1.165, 1.54) is 11.3 Å². The molecule has 0 radical (unpaired) electrons. The molecule has 3 heterocycles. The lowest BCUT2D eigenvalue weighted by Crippen LogP contribution is -2.49. The second kappa shape index (κ2) is 14.0. The number of carboxylic acid groups (broad SMARTS) is 1. The minimum absolute atomic E-state index is 0.0170.